The lowest BCUT2D eigenvalue weighted by Gasteiger charge is -2.10. The number of pyridine rings is 1. The van der Waals surface area contributed by atoms with Crippen LogP contribution in [0.3, 0.4) is 0 Å². The minimum Gasteiger partial charge on any atom is -0.388 e. The van der Waals surface area contributed by atoms with Crippen LogP contribution in [0.25, 0.3) is 0 Å². The first kappa shape index (κ1) is 12.0. The summed E-state index contributed by atoms with van der Waals surface area (Å²) in [5.41, 5.74) is 7.97. The first-order valence-electron chi connectivity index (χ1n) is 4.94. The van der Waals surface area contributed by atoms with Gasteiger partial charge in [-0.15, -0.1) is 0 Å². The quantitative estimate of drug-likeness (QED) is 0.855. The zero-order chi connectivity index (χ0) is 12.3. The third-order valence-corrected chi connectivity index (χ3v) is 2.83. The number of hydrogen-bond donors (Lipinski definition) is 2. The summed E-state index contributed by atoms with van der Waals surface area (Å²) in [6.07, 6.45) is 1.67. The van der Waals surface area contributed by atoms with E-state index in [0.29, 0.717) is 5.69 Å². The Labute approximate surface area is 113 Å². The van der Waals surface area contributed by atoms with E-state index in [1.807, 2.05) is 36.4 Å². The highest BCUT2D eigenvalue weighted by molar-refractivity contribution is 9.10. The Balaban J connectivity index is 2.33. The summed E-state index contributed by atoms with van der Waals surface area (Å²) in [6.45, 7) is 0. The van der Waals surface area contributed by atoms with E-state index in [0.717, 1.165) is 15.8 Å². The van der Waals surface area contributed by atoms with E-state index in [1.54, 1.807) is 6.20 Å². The van der Waals surface area contributed by atoms with Crippen LogP contribution < -0.4 is 11.1 Å². The summed E-state index contributed by atoms with van der Waals surface area (Å²) in [5.74, 6) is 0. The molecule has 5 heteroatoms. The zero-order valence-corrected chi connectivity index (χ0v) is 11.3. The highest BCUT2D eigenvalue weighted by Crippen LogP contribution is 2.22. The molecule has 2 aromatic rings. The molecule has 0 unspecified atom stereocenters. The van der Waals surface area contributed by atoms with E-state index in [9.17, 15) is 0 Å². The topological polar surface area (TPSA) is 50.9 Å². The molecule has 0 saturated carbocycles. The minimum absolute atomic E-state index is 0.281. The van der Waals surface area contributed by atoms with Crippen molar-refractivity contribution in [3.8, 4) is 0 Å². The molecule has 0 radical (unpaired) electrons. The molecule has 17 heavy (non-hydrogen) atoms. The van der Waals surface area contributed by atoms with E-state index >= 15 is 0 Å². The van der Waals surface area contributed by atoms with Gasteiger partial charge in [-0.3, -0.25) is 4.98 Å². The average molecular weight is 308 g/mol. The molecular formula is C12H10BrN3S. The number of thiocarbonyl (C=S) groups is 1. The van der Waals surface area contributed by atoms with Crippen LogP contribution in [0, 0.1) is 0 Å². The molecule has 0 aliphatic carbocycles. The number of nitrogens with two attached hydrogens (primary N) is 1. The maximum atomic E-state index is 5.62. The van der Waals surface area contributed by atoms with Gasteiger partial charge in [0.1, 0.15) is 10.7 Å². The minimum atomic E-state index is 0.281. The second-order valence-electron chi connectivity index (χ2n) is 3.40. The highest BCUT2D eigenvalue weighted by Gasteiger charge is 2.05. The molecule has 86 valence electrons. The molecule has 0 amide bonds. The standard InChI is InChI=1S/C12H10BrN3S/c13-8-3-1-4-9(7-8)16-10-5-2-6-15-11(10)12(14)17/h1-7,16H,(H2,14,17). The van der Waals surface area contributed by atoms with Gasteiger partial charge in [-0.05, 0) is 30.3 Å². The third kappa shape index (κ3) is 3.01. The van der Waals surface area contributed by atoms with E-state index < -0.39 is 0 Å². The fraction of sp³-hybridized carbons (Fsp3) is 0. The smallest absolute Gasteiger partial charge is 0.124 e. The molecule has 0 bridgehead atoms. The Morgan fingerprint density at radius 1 is 1.29 bits per heavy atom. The molecule has 0 spiro atoms. The first-order valence-corrected chi connectivity index (χ1v) is 6.14. The van der Waals surface area contributed by atoms with Crippen molar-refractivity contribution in [2.75, 3.05) is 5.32 Å². The first-order chi connectivity index (χ1) is 8.16. The molecule has 0 saturated heterocycles. The molecular weight excluding hydrogens is 298 g/mol. The average Bonchev–Trinajstić information content (AvgIpc) is 2.29. The van der Waals surface area contributed by atoms with Crippen LogP contribution in [-0.2, 0) is 0 Å². The van der Waals surface area contributed by atoms with Crippen LogP contribution in [0.4, 0.5) is 11.4 Å². The largest absolute Gasteiger partial charge is 0.388 e. The zero-order valence-electron chi connectivity index (χ0n) is 8.85. The number of anilines is 2. The van der Waals surface area contributed by atoms with Gasteiger partial charge in [0, 0.05) is 16.4 Å². The molecule has 0 atom stereocenters. The van der Waals surface area contributed by atoms with Crippen LogP contribution in [0.1, 0.15) is 5.69 Å². The predicted octanol–water partition coefficient (Wildman–Crippen LogP) is 3.22. The van der Waals surface area contributed by atoms with Gasteiger partial charge in [-0.1, -0.05) is 34.2 Å². The van der Waals surface area contributed by atoms with Crippen molar-refractivity contribution >= 4 is 44.5 Å². The van der Waals surface area contributed by atoms with Gasteiger partial charge in [0.05, 0.1) is 5.69 Å². The Morgan fingerprint density at radius 3 is 2.82 bits per heavy atom. The van der Waals surface area contributed by atoms with Gasteiger partial charge >= 0.3 is 0 Å². The molecule has 3 nitrogen and oxygen atoms in total. The predicted molar refractivity (Wildman–Crippen MR) is 77.5 cm³/mol. The van der Waals surface area contributed by atoms with Crippen LogP contribution in [0.2, 0.25) is 0 Å². The highest BCUT2D eigenvalue weighted by atomic mass is 79.9. The molecule has 3 N–H and O–H groups in total. The van der Waals surface area contributed by atoms with Crippen molar-refractivity contribution in [2.45, 2.75) is 0 Å². The normalized spacial score (nSPS) is 9.94. The summed E-state index contributed by atoms with van der Waals surface area (Å²) < 4.78 is 1.00. The van der Waals surface area contributed by atoms with Crippen LogP contribution >= 0.6 is 28.1 Å². The van der Waals surface area contributed by atoms with Crippen molar-refractivity contribution in [3.05, 3.63) is 52.8 Å². The molecule has 1 aromatic carbocycles. The maximum absolute atomic E-state index is 5.62. The van der Waals surface area contributed by atoms with Gasteiger partial charge in [0.2, 0.25) is 0 Å². The van der Waals surface area contributed by atoms with E-state index in [2.05, 4.69) is 26.2 Å². The van der Waals surface area contributed by atoms with E-state index in [-0.39, 0.29) is 4.99 Å². The number of aromatic nitrogens is 1. The van der Waals surface area contributed by atoms with E-state index in [1.165, 1.54) is 0 Å². The lowest BCUT2D eigenvalue weighted by molar-refractivity contribution is 1.29. The molecule has 2 rings (SSSR count). The summed E-state index contributed by atoms with van der Waals surface area (Å²) in [7, 11) is 0. The van der Waals surface area contributed by atoms with Crippen LogP contribution in [0.15, 0.2) is 47.1 Å². The third-order valence-electron chi connectivity index (χ3n) is 2.14. The second-order valence-corrected chi connectivity index (χ2v) is 4.75. The summed E-state index contributed by atoms with van der Waals surface area (Å²) in [4.78, 5) is 4.44. The van der Waals surface area contributed by atoms with Gasteiger partial charge in [0.25, 0.3) is 0 Å². The molecule has 0 aliphatic rings. The Bertz CT molecular complexity index is 557. The Morgan fingerprint density at radius 2 is 2.12 bits per heavy atom. The monoisotopic (exact) mass is 307 g/mol. The van der Waals surface area contributed by atoms with Crippen molar-refractivity contribution in [1.29, 1.82) is 0 Å². The Kier molecular flexibility index (Phi) is 3.71. The maximum Gasteiger partial charge on any atom is 0.124 e. The van der Waals surface area contributed by atoms with E-state index in [4.69, 9.17) is 18.0 Å². The Hall–Kier alpha value is -1.46. The second kappa shape index (κ2) is 5.25. The number of rotatable bonds is 3. The van der Waals surface area contributed by atoms with Crippen LogP contribution in [0.5, 0.6) is 0 Å². The van der Waals surface area contributed by atoms with Gasteiger partial charge in [-0.25, -0.2) is 0 Å². The SMILES string of the molecule is NC(=S)c1ncccc1Nc1cccc(Br)c1. The lowest BCUT2D eigenvalue weighted by atomic mass is 10.2. The number of benzene rings is 1. The summed E-state index contributed by atoms with van der Waals surface area (Å²) >= 11 is 8.37. The summed E-state index contributed by atoms with van der Waals surface area (Å²) in [6, 6.07) is 11.6. The van der Waals surface area contributed by atoms with Gasteiger partial charge < -0.3 is 11.1 Å². The lowest BCUT2D eigenvalue weighted by Crippen LogP contribution is -2.13. The number of halogens is 1. The number of nitrogens with zero attached hydrogens (tertiary/aromatic N) is 1. The van der Waals surface area contributed by atoms with Crippen molar-refractivity contribution < 1.29 is 0 Å². The van der Waals surface area contributed by atoms with Crippen molar-refractivity contribution in [1.82, 2.24) is 4.98 Å². The fourth-order valence-electron chi connectivity index (χ4n) is 1.42. The summed E-state index contributed by atoms with van der Waals surface area (Å²) in [5, 5.41) is 3.23. The van der Waals surface area contributed by atoms with Gasteiger partial charge in [-0.2, -0.15) is 0 Å². The number of nitrogens with one attached hydrogen (secondary N) is 1. The molecule has 0 aliphatic heterocycles. The molecule has 1 heterocycles. The van der Waals surface area contributed by atoms with Crippen LogP contribution in [-0.4, -0.2) is 9.97 Å². The van der Waals surface area contributed by atoms with Gasteiger partial charge in [0.15, 0.2) is 0 Å². The molecule has 0 fully saturated rings. The molecule has 1 aromatic heterocycles. The fourth-order valence-corrected chi connectivity index (χ4v) is 1.99. The van der Waals surface area contributed by atoms with Crippen molar-refractivity contribution in [2.24, 2.45) is 5.73 Å². The van der Waals surface area contributed by atoms with Crippen molar-refractivity contribution in [3.63, 3.8) is 0 Å². The number of hydrogen-bond acceptors (Lipinski definition) is 3.